The van der Waals surface area contributed by atoms with E-state index in [1.807, 2.05) is 18.2 Å². The zero-order chi connectivity index (χ0) is 21.6. The summed E-state index contributed by atoms with van der Waals surface area (Å²) >= 11 is 0. The number of nitrogens with one attached hydrogen (secondary N) is 1. The number of ether oxygens (including phenoxy) is 1. The first-order valence-electron chi connectivity index (χ1n) is 10.8. The highest BCUT2D eigenvalue weighted by Crippen LogP contribution is 2.28. The van der Waals surface area contributed by atoms with Crippen molar-refractivity contribution >= 4 is 17.3 Å². The van der Waals surface area contributed by atoms with Crippen LogP contribution in [0.5, 0.6) is 0 Å². The van der Waals surface area contributed by atoms with Gasteiger partial charge in [0.1, 0.15) is 0 Å². The van der Waals surface area contributed by atoms with Crippen LogP contribution < -0.4 is 10.2 Å². The molecule has 1 N–H and O–H groups in total. The molecule has 4 rings (SSSR count). The number of nitro benzene ring substituents is 1. The Bertz CT molecular complexity index is 937. The quantitative estimate of drug-likeness (QED) is 0.543. The molecule has 2 aliphatic heterocycles. The number of rotatable bonds is 7. The summed E-state index contributed by atoms with van der Waals surface area (Å²) < 4.78 is 5.42. The van der Waals surface area contributed by atoms with E-state index < -0.39 is 4.92 Å². The Balaban J connectivity index is 1.50. The largest absolute Gasteiger partial charge is 0.379 e. The molecule has 2 saturated heterocycles. The predicted octanol–water partition coefficient (Wildman–Crippen LogP) is 2.96. The third-order valence-electron chi connectivity index (χ3n) is 5.94. The molecule has 2 aromatic carbocycles. The van der Waals surface area contributed by atoms with E-state index in [-0.39, 0.29) is 11.6 Å². The Morgan fingerprint density at radius 2 is 1.74 bits per heavy atom. The molecule has 0 aliphatic carbocycles. The Kier molecular flexibility index (Phi) is 6.79. The molecule has 2 heterocycles. The van der Waals surface area contributed by atoms with Gasteiger partial charge in [-0.05, 0) is 30.0 Å². The zero-order valence-electron chi connectivity index (χ0n) is 17.6. The number of nitro groups is 1. The van der Waals surface area contributed by atoms with Crippen LogP contribution in [-0.4, -0.2) is 55.1 Å². The van der Waals surface area contributed by atoms with Gasteiger partial charge in [-0.25, -0.2) is 0 Å². The molecule has 2 aromatic rings. The van der Waals surface area contributed by atoms with Gasteiger partial charge in [0.05, 0.1) is 29.4 Å². The summed E-state index contributed by atoms with van der Waals surface area (Å²) in [5.74, 6) is -0.285. The van der Waals surface area contributed by atoms with Crippen LogP contribution in [-0.2, 0) is 17.8 Å². The lowest BCUT2D eigenvalue weighted by molar-refractivity contribution is -0.384. The molecular formula is C23H28N4O4. The van der Waals surface area contributed by atoms with Gasteiger partial charge in [-0.1, -0.05) is 24.3 Å². The van der Waals surface area contributed by atoms with Crippen molar-refractivity contribution in [2.75, 3.05) is 44.3 Å². The number of hydrogen-bond acceptors (Lipinski definition) is 6. The van der Waals surface area contributed by atoms with Crippen molar-refractivity contribution in [1.82, 2.24) is 10.2 Å². The first-order valence-corrected chi connectivity index (χ1v) is 10.8. The Morgan fingerprint density at radius 3 is 2.45 bits per heavy atom. The van der Waals surface area contributed by atoms with Gasteiger partial charge in [-0.2, -0.15) is 0 Å². The van der Waals surface area contributed by atoms with Crippen molar-refractivity contribution in [2.24, 2.45) is 0 Å². The smallest absolute Gasteiger partial charge is 0.270 e. The van der Waals surface area contributed by atoms with Crippen molar-refractivity contribution in [2.45, 2.75) is 25.9 Å². The number of carbonyl (C=O) groups excluding carboxylic acids is 1. The number of carbonyl (C=O) groups is 1. The summed E-state index contributed by atoms with van der Waals surface area (Å²) in [6.07, 6.45) is 2.12. The van der Waals surface area contributed by atoms with Crippen LogP contribution >= 0.6 is 0 Å². The normalized spacial score (nSPS) is 17.0. The highest BCUT2D eigenvalue weighted by molar-refractivity contribution is 6.00. The summed E-state index contributed by atoms with van der Waals surface area (Å²) in [5.41, 5.74) is 3.28. The van der Waals surface area contributed by atoms with Crippen LogP contribution in [0.1, 0.15) is 34.3 Å². The molecular weight excluding hydrogens is 396 g/mol. The third-order valence-corrected chi connectivity index (χ3v) is 5.94. The van der Waals surface area contributed by atoms with Crippen LogP contribution in [0, 0.1) is 10.1 Å². The van der Waals surface area contributed by atoms with Crippen LogP contribution in [0.3, 0.4) is 0 Å². The van der Waals surface area contributed by atoms with E-state index >= 15 is 0 Å². The van der Waals surface area contributed by atoms with Crippen LogP contribution in [0.4, 0.5) is 11.4 Å². The monoisotopic (exact) mass is 424 g/mol. The summed E-state index contributed by atoms with van der Waals surface area (Å²) in [6.45, 7) is 6.19. The zero-order valence-corrected chi connectivity index (χ0v) is 17.6. The Hall–Kier alpha value is -2.97. The maximum absolute atomic E-state index is 13.1. The lowest BCUT2D eigenvalue weighted by Crippen LogP contribution is -2.36. The summed E-state index contributed by atoms with van der Waals surface area (Å²) in [4.78, 5) is 28.4. The minimum Gasteiger partial charge on any atom is -0.379 e. The van der Waals surface area contributed by atoms with E-state index in [2.05, 4.69) is 21.2 Å². The fourth-order valence-electron chi connectivity index (χ4n) is 4.21. The van der Waals surface area contributed by atoms with Crippen molar-refractivity contribution < 1.29 is 14.5 Å². The maximum Gasteiger partial charge on any atom is 0.270 e. The average Bonchev–Trinajstić information content (AvgIpc) is 3.33. The second-order valence-electron chi connectivity index (χ2n) is 7.99. The molecule has 0 unspecified atom stereocenters. The predicted molar refractivity (Wildman–Crippen MR) is 118 cm³/mol. The highest BCUT2D eigenvalue weighted by Gasteiger charge is 2.22. The van der Waals surface area contributed by atoms with Crippen molar-refractivity contribution in [3.05, 3.63) is 69.3 Å². The molecule has 2 fully saturated rings. The second kappa shape index (κ2) is 9.89. The summed E-state index contributed by atoms with van der Waals surface area (Å²) in [5, 5.41) is 14.3. The molecule has 0 atom stereocenters. The fraction of sp³-hybridized carbons (Fsp3) is 0.435. The lowest BCUT2D eigenvalue weighted by atomic mass is 10.1. The number of nitrogens with zero attached hydrogens (tertiary/aromatic N) is 3. The maximum atomic E-state index is 13.1. The van der Waals surface area contributed by atoms with Gasteiger partial charge in [-0.15, -0.1) is 0 Å². The van der Waals surface area contributed by atoms with Crippen LogP contribution in [0.25, 0.3) is 0 Å². The SMILES string of the molecule is O=C(NCc1ccccc1CN1CCOCC1)c1cc([N+](=O)[O-])ccc1N1CCCC1. The number of morpholine rings is 1. The van der Waals surface area contributed by atoms with E-state index in [9.17, 15) is 14.9 Å². The molecule has 2 aliphatic rings. The van der Waals surface area contributed by atoms with E-state index in [1.165, 1.54) is 17.7 Å². The minimum atomic E-state index is -0.456. The summed E-state index contributed by atoms with van der Waals surface area (Å²) in [6, 6.07) is 12.6. The number of amides is 1. The standard InChI is InChI=1S/C23H28N4O4/c28-23(21-15-20(27(29)30)7-8-22(21)26-9-3-4-10-26)24-16-18-5-1-2-6-19(18)17-25-11-13-31-14-12-25/h1-2,5-8,15H,3-4,9-14,16-17H2,(H,24,28). The van der Waals surface area contributed by atoms with E-state index in [0.29, 0.717) is 12.1 Å². The fourth-order valence-corrected chi connectivity index (χ4v) is 4.21. The van der Waals surface area contributed by atoms with Crippen molar-refractivity contribution in [3.8, 4) is 0 Å². The van der Waals surface area contributed by atoms with Gasteiger partial charge in [0.25, 0.3) is 11.6 Å². The third kappa shape index (κ3) is 5.21. The van der Waals surface area contributed by atoms with Crippen molar-refractivity contribution in [3.63, 3.8) is 0 Å². The van der Waals surface area contributed by atoms with Crippen LogP contribution in [0.15, 0.2) is 42.5 Å². The summed E-state index contributed by atoms with van der Waals surface area (Å²) in [7, 11) is 0. The van der Waals surface area contributed by atoms with Gasteiger partial charge in [0, 0.05) is 51.4 Å². The van der Waals surface area contributed by atoms with Gasteiger partial charge in [0.15, 0.2) is 0 Å². The van der Waals surface area contributed by atoms with E-state index in [1.54, 1.807) is 6.07 Å². The van der Waals surface area contributed by atoms with Crippen LogP contribution in [0.2, 0.25) is 0 Å². The molecule has 164 valence electrons. The molecule has 8 nitrogen and oxygen atoms in total. The number of benzene rings is 2. The highest BCUT2D eigenvalue weighted by atomic mass is 16.6. The molecule has 0 bridgehead atoms. The second-order valence-corrected chi connectivity index (χ2v) is 7.99. The van der Waals surface area contributed by atoms with E-state index in [4.69, 9.17) is 4.74 Å². The number of hydrogen-bond donors (Lipinski definition) is 1. The number of non-ortho nitro benzene ring substituents is 1. The molecule has 0 radical (unpaired) electrons. The lowest BCUT2D eigenvalue weighted by Gasteiger charge is -2.27. The van der Waals surface area contributed by atoms with Gasteiger partial charge >= 0.3 is 0 Å². The topological polar surface area (TPSA) is 88.0 Å². The Labute approximate surface area is 181 Å². The van der Waals surface area contributed by atoms with E-state index in [0.717, 1.165) is 70.0 Å². The molecule has 1 amide bonds. The van der Waals surface area contributed by atoms with Gasteiger partial charge in [-0.3, -0.25) is 19.8 Å². The first kappa shape index (κ1) is 21.3. The molecule has 0 saturated carbocycles. The Morgan fingerprint density at radius 1 is 1.03 bits per heavy atom. The number of anilines is 1. The molecule has 0 spiro atoms. The molecule has 31 heavy (non-hydrogen) atoms. The average molecular weight is 425 g/mol. The van der Waals surface area contributed by atoms with Crippen molar-refractivity contribution in [1.29, 1.82) is 0 Å². The first-order chi connectivity index (χ1) is 15.1. The van der Waals surface area contributed by atoms with Gasteiger partial charge in [0.2, 0.25) is 0 Å². The van der Waals surface area contributed by atoms with Gasteiger partial charge < -0.3 is 15.0 Å². The molecule has 8 heteroatoms. The minimum absolute atomic E-state index is 0.0687. The molecule has 0 aromatic heterocycles.